The quantitative estimate of drug-likeness (QED) is 0.556. The molecule has 1 aliphatic rings. The minimum atomic E-state index is 0.0614. The first-order valence-electron chi connectivity index (χ1n) is 10.5. The molecule has 30 heavy (non-hydrogen) atoms. The molecule has 0 saturated carbocycles. The number of hydrogen-bond acceptors (Lipinski definition) is 4. The van der Waals surface area contributed by atoms with E-state index in [0.717, 1.165) is 49.1 Å². The Morgan fingerprint density at radius 2 is 2.00 bits per heavy atom. The van der Waals surface area contributed by atoms with Crippen molar-refractivity contribution in [1.29, 1.82) is 0 Å². The smallest absolute Gasteiger partial charge is 0.224 e. The van der Waals surface area contributed by atoms with Crippen LogP contribution < -0.4 is 10.6 Å². The van der Waals surface area contributed by atoms with E-state index in [1.165, 1.54) is 5.56 Å². The van der Waals surface area contributed by atoms with Crippen molar-refractivity contribution in [3.05, 3.63) is 71.4 Å². The van der Waals surface area contributed by atoms with E-state index in [-0.39, 0.29) is 11.8 Å². The summed E-state index contributed by atoms with van der Waals surface area (Å²) in [5.41, 5.74) is 3.16. The number of anilines is 1. The van der Waals surface area contributed by atoms with Crippen LogP contribution in [0.4, 0.5) is 5.69 Å². The molecule has 0 unspecified atom stereocenters. The highest BCUT2D eigenvalue weighted by Crippen LogP contribution is 2.24. The van der Waals surface area contributed by atoms with Gasteiger partial charge in [0, 0.05) is 48.5 Å². The number of halogens is 1. The van der Waals surface area contributed by atoms with Crippen LogP contribution in [-0.2, 0) is 11.3 Å². The number of rotatable bonds is 7. The van der Waals surface area contributed by atoms with E-state index in [2.05, 4.69) is 44.8 Å². The van der Waals surface area contributed by atoms with E-state index >= 15 is 0 Å². The van der Waals surface area contributed by atoms with Crippen molar-refractivity contribution in [2.45, 2.75) is 19.4 Å². The summed E-state index contributed by atoms with van der Waals surface area (Å²) in [5, 5.41) is 8.20. The van der Waals surface area contributed by atoms with Crippen LogP contribution in [0.15, 0.2) is 60.8 Å². The van der Waals surface area contributed by atoms with E-state index in [1.807, 2.05) is 30.3 Å². The summed E-state index contributed by atoms with van der Waals surface area (Å²) in [6.45, 7) is 4.04. The van der Waals surface area contributed by atoms with Gasteiger partial charge >= 0.3 is 0 Å². The number of pyridine rings is 1. The predicted molar refractivity (Wildman–Crippen MR) is 123 cm³/mol. The van der Waals surface area contributed by atoms with Crippen LogP contribution in [0.25, 0.3) is 10.9 Å². The lowest BCUT2D eigenvalue weighted by Crippen LogP contribution is -2.43. The summed E-state index contributed by atoms with van der Waals surface area (Å²) in [6, 6.07) is 18.1. The van der Waals surface area contributed by atoms with Gasteiger partial charge in [-0.25, -0.2) is 0 Å². The molecule has 1 saturated heterocycles. The molecule has 4 rings (SSSR count). The molecule has 2 aromatic carbocycles. The van der Waals surface area contributed by atoms with Gasteiger partial charge < -0.3 is 10.6 Å². The first-order valence-corrected chi connectivity index (χ1v) is 10.9. The van der Waals surface area contributed by atoms with E-state index in [4.69, 9.17) is 11.6 Å². The van der Waals surface area contributed by atoms with Crippen LogP contribution in [0.3, 0.4) is 0 Å². The molecule has 1 amide bonds. The van der Waals surface area contributed by atoms with Gasteiger partial charge in [0.05, 0.1) is 11.4 Å². The largest absolute Gasteiger partial charge is 0.383 e. The number of fused-ring (bicyclic) bond motifs is 1. The van der Waals surface area contributed by atoms with Crippen molar-refractivity contribution >= 4 is 34.1 Å². The fourth-order valence-corrected chi connectivity index (χ4v) is 4.22. The molecule has 1 aromatic heterocycles. The number of benzene rings is 2. The maximum atomic E-state index is 12.7. The molecule has 156 valence electrons. The second kappa shape index (κ2) is 9.92. The number of nitrogens with zero attached hydrogens (tertiary/aromatic N) is 2. The lowest BCUT2D eigenvalue weighted by Gasteiger charge is -2.32. The summed E-state index contributed by atoms with van der Waals surface area (Å²) in [5.74, 6) is 0.215. The lowest BCUT2D eigenvalue weighted by molar-refractivity contribution is -0.126. The van der Waals surface area contributed by atoms with Crippen LogP contribution in [0, 0.1) is 5.92 Å². The summed E-state index contributed by atoms with van der Waals surface area (Å²) in [7, 11) is 0. The molecule has 0 radical (unpaired) electrons. The first-order chi connectivity index (χ1) is 14.7. The zero-order valence-corrected chi connectivity index (χ0v) is 17.7. The zero-order valence-electron chi connectivity index (χ0n) is 17.0. The van der Waals surface area contributed by atoms with E-state index in [0.29, 0.717) is 18.1 Å². The average molecular weight is 423 g/mol. The van der Waals surface area contributed by atoms with Crippen molar-refractivity contribution in [2.24, 2.45) is 5.92 Å². The third-order valence-corrected chi connectivity index (χ3v) is 5.80. The van der Waals surface area contributed by atoms with Gasteiger partial charge in [-0.1, -0.05) is 41.9 Å². The molecule has 1 atom stereocenters. The topological polar surface area (TPSA) is 57.3 Å². The van der Waals surface area contributed by atoms with Crippen molar-refractivity contribution in [1.82, 2.24) is 15.2 Å². The summed E-state index contributed by atoms with van der Waals surface area (Å²) >= 11 is 6.05. The number of likely N-dealkylation sites (tertiary alicyclic amines) is 1. The van der Waals surface area contributed by atoms with Crippen molar-refractivity contribution in [2.75, 3.05) is 31.5 Å². The Hall–Kier alpha value is -2.63. The Morgan fingerprint density at radius 3 is 2.87 bits per heavy atom. The highest BCUT2D eigenvalue weighted by molar-refractivity contribution is 6.31. The number of carbonyl (C=O) groups is 1. The van der Waals surface area contributed by atoms with E-state index in [1.54, 1.807) is 6.20 Å². The van der Waals surface area contributed by atoms with Gasteiger partial charge in [-0.2, -0.15) is 0 Å². The second-order valence-electron chi connectivity index (χ2n) is 7.80. The highest BCUT2D eigenvalue weighted by Gasteiger charge is 2.25. The molecule has 3 aromatic rings. The molecule has 0 bridgehead atoms. The monoisotopic (exact) mass is 422 g/mol. The minimum absolute atomic E-state index is 0.0614. The number of aromatic nitrogens is 1. The van der Waals surface area contributed by atoms with Gasteiger partial charge in [-0.3, -0.25) is 14.7 Å². The molecule has 2 heterocycles. The lowest BCUT2D eigenvalue weighted by atomic mass is 9.96. The molecular weight excluding hydrogens is 396 g/mol. The summed E-state index contributed by atoms with van der Waals surface area (Å²) in [6.07, 6.45) is 3.79. The Kier molecular flexibility index (Phi) is 6.82. The van der Waals surface area contributed by atoms with Gasteiger partial charge in [0.1, 0.15) is 0 Å². The van der Waals surface area contributed by atoms with Gasteiger partial charge in [0.15, 0.2) is 0 Å². The normalized spacial score (nSPS) is 17.0. The number of amides is 1. The highest BCUT2D eigenvalue weighted by atomic mass is 35.5. The third kappa shape index (κ3) is 5.29. The molecule has 0 spiro atoms. The molecule has 5 nitrogen and oxygen atoms in total. The number of piperidine rings is 1. The third-order valence-electron chi connectivity index (χ3n) is 5.57. The van der Waals surface area contributed by atoms with Crippen molar-refractivity contribution in [3.63, 3.8) is 0 Å². The summed E-state index contributed by atoms with van der Waals surface area (Å²) < 4.78 is 0. The van der Waals surface area contributed by atoms with E-state index < -0.39 is 0 Å². The van der Waals surface area contributed by atoms with Crippen LogP contribution in [0.2, 0.25) is 5.02 Å². The standard InChI is InChI=1S/C24H27ClN4O/c25-20-8-9-21-22(10-11-26-23(21)15-20)27-12-13-28-24(30)19-7-4-14-29(17-19)16-18-5-2-1-3-6-18/h1-3,5-6,8-11,15,19H,4,7,12-14,16-17H2,(H,26,27)(H,28,30)/t19-/m0/s1. The molecular formula is C24H27ClN4O. The average Bonchev–Trinajstić information content (AvgIpc) is 2.77. The Morgan fingerprint density at radius 1 is 1.13 bits per heavy atom. The van der Waals surface area contributed by atoms with Crippen LogP contribution in [0.1, 0.15) is 18.4 Å². The maximum absolute atomic E-state index is 12.7. The van der Waals surface area contributed by atoms with Crippen molar-refractivity contribution in [3.8, 4) is 0 Å². The van der Waals surface area contributed by atoms with Gasteiger partial charge in [-0.05, 0) is 49.2 Å². The van der Waals surface area contributed by atoms with Crippen LogP contribution >= 0.6 is 11.6 Å². The number of hydrogen-bond donors (Lipinski definition) is 2. The fourth-order valence-electron chi connectivity index (χ4n) is 4.06. The Balaban J connectivity index is 1.25. The van der Waals surface area contributed by atoms with Crippen LogP contribution in [0.5, 0.6) is 0 Å². The van der Waals surface area contributed by atoms with Gasteiger partial charge in [-0.15, -0.1) is 0 Å². The van der Waals surface area contributed by atoms with Gasteiger partial charge in [0.2, 0.25) is 5.91 Å². The Labute approximate surface area is 182 Å². The Bertz CT molecular complexity index is 995. The van der Waals surface area contributed by atoms with Gasteiger partial charge in [0.25, 0.3) is 0 Å². The second-order valence-corrected chi connectivity index (χ2v) is 8.23. The maximum Gasteiger partial charge on any atom is 0.224 e. The minimum Gasteiger partial charge on any atom is -0.383 e. The number of nitrogens with one attached hydrogen (secondary N) is 2. The van der Waals surface area contributed by atoms with Crippen molar-refractivity contribution < 1.29 is 4.79 Å². The molecule has 2 N–H and O–H groups in total. The zero-order chi connectivity index (χ0) is 20.8. The first kappa shape index (κ1) is 20.6. The van der Waals surface area contributed by atoms with Crippen LogP contribution in [-0.4, -0.2) is 42.0 Å². The molecule has 1 fully saturated rings. The van der Waals surface area contributed by atoms with E-state index in [9.17, 15) is 4.79 Å². The molecule has 0 aliphatic carbocycles. The number of carbonyl (C=O) groups excluding carboxylic acids is 1. The predicted octanol–water partition coefficient (Wildman–Crippen LogP) is 4.33. The summed E-state index contributed by atoms with van der Waals surface area (Å²) in [4.78, 5) is 19.4. The fraction of sp³-hybridized carbons (Fsp3) is 0.333. The molecule has 6 heteroatoms. The molecule has 1 aliphatic heterocycles. The SMILES string of the molecule is O=C(NCCNc1ccnc2cc(Cl)ccc12)[C@H]1CCCN(Cc2ccccc2)C1.